The second kappa shape index (κ2) is 12.9. The lowest BCUT2D eigenvalue weighted by molar-refractivity contribution is 0.0893. The number of anilines is 1. The van der Waals surface area contributed by atoms with Crippen LogP contribution in [0.1, 0.15) is 92.1 Å². The van der Waals surface area contributed by atoms with Gasteiger partial charge in [0.15, 0.2) is 0 Å². The van der Waals surface area contributed by atoms with Gasteiger partial charge < -0.3 is 20.1 Å². The number of aliphatic hydroxyl groups is 1. The van der Waals surface area contributed by atoms with E-state index in [0.717, 1.165) is 80.3 Å². The number of rotatable bonds is 7. The minimum absolute atomic E-state index is 0.00458. The molecule has 39 heavy (non-hydrogen) atoms. The molecule has 0 spiro atoms. The van der Waals surface area contributed by atoms with Crippen molar-refractivity contribution in [3.63, 3.8) is 0 Å². The van der Waals surface area contributed by atoms with E-state index in [1.54, 1.807) is 0 Å². The second-order valence-corrected chi connectivity index (χ2v) is 12.0. The highest BCUT2D eigenvalue weighted by Gasteiger charge is 2.27. The molecule has 0 unspecified atom stereocenters. The van der Waals surface area contributed by atoms with E-state index < -0.39 is 0 Å². The maximum atomic E-state index is 12.9. The Bertz CT molecular complexity index is 1130. The lowest BCUT2D eigenvalue weighted by Gasteiger charge is -2.36. The number of aliphatic hydroxyl groups excluding tert-OH is 1. The molecule has 2 aromatic rings. The van der Waals surface area contributed by atoms with Gasteiger partial charge in [0.25, 0.3) is 5.91 Å². The molecule has 0 atom stereocenters. The van der Waals surface area contributed by atoms with Gasteiger partial charge in [-0.3, -0.25) is 4.79 Å². The minimum atomic E-state index is -0.0618. The molecule has 0 bridgehead atoms. The highest BCUT2D eigenvalue weighted by Crippen LogP contribution is 2.34. The minimum Gasteiger partial charge on any atom is -0.490 e. The first-order valence-electron chi connectivity index (χ1n) is 15.0. The summed E-state index contributed by atoms with van der Waals surface area (Å²) in [6, 6.07) is 16.1. The van der Waals surface area contributed by atoms with Crippen LogP contribution in [0.2, 0.25) is 0 Å². The Hall–Kier alpha value is -3.04. The van der Waals surface area contributed by atoms with Gasteiger partial charge in [-0.15, -0.1) is 0 Å². The number of aryl methyl sites for hydroxylation is 1. The van der Waals surface area contributed by atoms with Crippen LogP contribution in [0.4, 0.5) is 5.69 Å². The van der Waals surface area contributed by atoms with Gasteiger partial charge >= 0.3 is 0 Å². The smallest absolute Gasteiger partial charge is 0.251 e. The SMILES string of the molecule is Cc1cc(OC2CCC(NC(=O)c3ccc(N4CCC(CC5CCC(O)CC5)CC4)cc3)CC2)ccc1C#N. The van der Waals surface area contributed by atoms with Crippen LogP contribution in [0.3, 0.4) is 0 Å². The fraction of sp³-hybridized carbons (Fsp3) is 0.576. The largest absolute Gasteiger partial charge is 0.490 e. The number of nitrogens with zero attached hydrogens (tertiary/aromatic N) is 2. The average molecular weight is 530 g/mol. The van der Waals surface area contributed by atoms with Crippen LogP contribution in [0.15, 0.2) is 42.5 Å². The zero-order valence-electron chi connectivity index (χ0n) is 23.3. The number of hydrogen-bond donors (Lipinski definition) is 2. The van der Waals surface area contributed by atoms with E-state index >= 15 is 0 Å². The number of carbonyl (C=O) groups excluding carboxylic acids is 1. The average Bonchev–Trinajstić information content (AvgIpc) is 2.96. The monoisotopic (exact) mass is 529 g/mol. The van der Waals surface area contributed by atoms with Gasteiger partial charge in [0.1, 0.15) is 5.75 Å². The van der Waals surface area contributed by atoms with Gasteiger partial charge in [0.2, 0.25) is 0 Å². The van der Waals surface area contributed by atoms with Crippen molar-refractivity contribution in [3.05, 3.63) is 59.2 Å². The van der Waals surface area contributed by atoms with Crippen molar-refractivity contribution in [3.8, 4) is 11.8 Å². The molecule has 6 nitrogen and oxygen atoms in total. The van der Waals surface area contributed by atoms with Crippen molar-refractivity contribution >= 4 is 11.6 Å². The molecule has 1 heterocycles. The fourth-order valence-electron chi connectivity index (χ4n) is 6.72. The lowest BCUT2D eigenvalue weighted by Crippen LogP contribution is -2.39. The number of amides is 1. The van der Waals surface area contributed by atoms with Gasteiger partial charge in [-0.25, -0.2) is 0 Å². The van der Waals surface area contributed by atoms with Gasteiger partial charge in [-0.1, -0.05) is 0 Å². The normalized spacial score (nSPS) is 26.0. The van der Waals surface area contributed by atoms with Crippen molar-refractivity contribution in [2.45, 2.75) is 95.8 Å². The van der Waals surface area contributed by atoms with Gasteiger partial charge in [0.05, 0.1) is 23.8 Å². The van der Waals surface area contributed by atoms with E-state index in [-0.39, 0.29) is 24.2 Å². The molecular formula is C33H43N3O3. The first-order chi connectivity index (χ1) is 19.0. The zero-order valence-corrected chi connectivity index (χ0v) is 23.3. The van der Waals surface area contributed by atoms with Crippen molar-refractivity contribution in [2.75, 3.05) is 18.0 Å². The Morgan fingerprint density at radius 1 is 0.949 bits per heavy atom. The molecule has 2 saturated carbocycles. The van der Waals surface area contributed by atoms with E-state index in [1.165, 1.54) is 37.8 Å². The number of nitrogens with one attached hydrogen (secondary N) is 1. The Kier molecular flexibility index (Phi) is 9.09. The summed E-state index contributed by atoms with van der Waals surface area (Å²) in [6.45, 7) is 4.09. The molecular weight excluding hydrogens is 486 g/mol. The second-order valence-electron chi connectivity index (χ2n) is 12.0. The van der Waals surface area contributed by atoms with Crippen molar-refractivity contribution in [2.24, 2.45) is 11.8 Å². The summed E-state index contributed by atoms with van der Waals surface area (Å²) in [5.74, 6) is 2.43. The number of benzene rings is 2. The van der Waals surface area contributed by atoms with Crippen molar-refractivity contribution in [1.82, 2.24) is 5.32 Å². The Balaban J connectivity index is 1.03. The van der Waals surface area contributed by atoms with Crippen molar-refractivity contribution < 1.29 is 14.6 Å². The fourth-order valence-corrected chi connectivity index (χ4v) is 6.72. The topological polar surface area (TPSA) is 85.6 Å². The first-order valence-corrected chi connectivity index (χ1v) is 15.0. The molecule has 2 N–H and O–H groups in total. The highest BCUT2D eigenvalue weighted by molar-refractivity contribution is 5.94. The summed E-state index contributed by atoms with van der Waals surface area (Å²) in [6.07, 6.45) is 11.8. The molecule has 2 aliphatic carbocycles. The predicted molar refractivity (Wildman–Crippen MR) is 154 cm³/mol. The molecule has 208 valence electrons. The summed E-state index contributed by atoms with van der Waals surface area (Å²) in [5.41, 5.74) is 3.54. The number of nitriles is 1. The van der Waals surface area contributed by atoms with E-state index in [1.807, 2.05) is 37.3 Å². The van der Waals surface area contributed by atoms with Crippen LogP contribution < -0.4 is 15.0 Å². The molecule has 3 fully saturated rings. The molecule has 3 aliphatic rings. The lowest BCUT2D eigenvalue weighted by atomic mass is 9.79. The van der Waals surface area contributed by atoms with Crippen molar-refractivity contribution in [1.29, 1.82) is 5.26 Å². The Morgan fingerprint density at radius 3 is 2.26 bits per heavy atom. The number of carbonyl (C=O) groups is 1. The predicted octanol–water partition coefficient (Wildman–Crippen LogP) is 6.14. The zero-order chi connectivity index (χ0) is 27.2. The molecule has 1 amide bonds. The van der Waals surface area contributed by atoms with Gasteiger partial charge in [-0.2, -0.15) is 5.26 Å². The molecule has 1 aliphatic heterocycles. The van der Waals surface area contributed by atoms with Crippen LogP contribution in [0.25, 0.3) is 0 Å². The highest BCUT2D eigenvalue weighted by atomic mass is 16.5. The van der Waals surface area contributed by atoms with Crippen LogP contribution in [0.5, 0.6) is 5.75 Å². The molecule has 1 saturated heterocycles. The van der Waals surface area contributed by atoms with Crippen LogP contribution >= 0.6 is 0 Å². The van der Waals surface area contributed by atoms with Crippen LogP contribution in [0, 0.1) is 30.1 Å². The first kappa shape index (κ1) is 27.5. The summed E-state index contributed by atoms with van der Waals surface area (Å²) in [4.78, 5) is 15.4. The molecule has 5 rings (SSSR count). The third-order valence-electron chi connectivity index (χ3n) is 9.22. The third-order valence-corrected chi connectivity index (χ3v) is 9.22. The molecule has 0 radical (unpaired) electrons. The van der Waals surface area contributed by atoms with Gasteiger partial charge in [-0.05, 0) is 137 Å². The van der Waals surface area contributed by atoms with E-state index in [0.29, 0.717) is 5.56 Å². The Morgan fingerprint density at radius 2 is 1.62 bits per heavy atom. The Labute approximate surface area is 233 Å². The summed E-state index contributed by atoms with van der Waals surface area (Å²) in [7, 11) is 0. The maximum absolute atomic E-state index is 12.9. The number of hydrogen-bond acceptors (Lipinski definition) is 5. The summed E-state index contributed by atoms with van der Waals surface area (Å²) >= 11 is 0. The summed E-state index contributed by atoms with van der Waals surface area (Å²) in [5, 5.41) is 22.1. The summed E-state index contributed by atoms with van der Waals surface area (Å²) < 4.78 is 6.16. The maximum Gasteiger partial charge on any atom is 0.251 e. The van der Waals surface area contributed by atoms with Crippen LogP contribution in [-0.4, -0.2) is 42.4 Å². The molecule has 6 heteroatoms. The third kappa shape index (κ3) is 7.33. The standard InChI is InChI=1S/C33H43N3O3/c1-23-20-32(13-6-27(23)22-34)39-31-14-7-28(8-15-31)35-33(38)26-4-9-29(10-5-26)36-18-16-25(17-19-36)21-24-2-11-30(37)12-3-24/h4-6,9-10,13,20,24-25,28,30-31,37H,2-3,7-8,11-12,14-19,21H2,1H3,(H,35,38). The quantitative estimate of drug-likeness (QED) is 0.450. The van der Waals surface area contributed by atoms with Crippen LogP contribution in [-0.2, 0) is 0 Å². The number of ether oxygens (including phenoxy) is 1. The van der Waals surface area contributed by atoms with E-state index in [4.69, 9.17) is 10.00 Å². The van der Waals surface area contributed by atoms with Gasteiger partial charge in [0, 0.05) is 30.4 Å². The molecule has 2 aromatic carbocycles. The van der Waals surface area contributed by atoms with E-state index in [9.17, 15) is 9.90 Å². The van der Waals surface area contributed by atoms with E-state index in [2.05, 4.69) is 28.4 Å². The molecule has 0 aromatic heterocycles. The number of piperidine rings is 1.